The molecule has 17 heavy (non-hydrogen) atoms. The minimum Gasteiger partial charge on any atom is -0.391 e. The van der Waals surface area contributed by atoms with Gasteiger partial charge in [0.05, 0.1) is 17.0 Å². The molecule has 5 heteroatoms. The first-order valence-corrected chi connectivity index (χ1v) is 7.61. The monoisotopic (exact) mass is 255 g/mol. The molecule has 2 rings (SSSR count). The highest BCUT2D eigenvalue weighted by Gasteiger charge is 2.24. The first kappa shape index (κ1) is 12.4. The number of aliphatic hydroxyl groups excluding tert-OH is 1. The van der Waals surface area contributed by atoms with Crippen LogP contribution in [0.4, 0.5) is 5.69 Å². The summed E-state index contributed by atoms with van der Waals surface area (Å²) in [4.78, 5) is 0.315. The number of hydrogen-bond donors (Lipinski definition) is 2. The number of benzene rings is 1. The zero-order chi connectivity index (χ0) is 12.5. The van der Waals surface area contributed by atoms with Crippen molar-refractivity contribution >= 4 is 15.5 Å². The highest BCUT2D eigenvalue weighted by molar-refractivity contribution is 7.90. The van der Waals surface area contributed by atoms with E-state index < -0.39 is 9.84 Å². The van der Waals surface area contributed by atoms with Crippen LogP contribution < -0.4 is 5.32 Å². The molecule has 0 heterocycles. The molecule has 0 unspecified atom stereocenters. The average Bonchev–Trinajstić information content (AvgIpc) is 2.64. The Morgan fingerprint density at radius 1 is 1.24 bits per heavy atom. The largest absolute Gasteiger partial charge is 0.391 e. The second kappa shape index (κ2) is 4.66. The number of nitrogens with one attached hydrogen (secondary N) is 1. The van der Waals surface area contributed by atoms with E-state index in [9.17, 15) is 13.5 Å². The normalized spacial score (nSPS) is 24.8. The highest BCUT2D eigenvalue weighted by atomic mass is 32.2. The predicted octanol–water partition coefficient (Wildman–Crippen LogP) is 1.42. The molecule has 1 aliphatic carbocycles. The Kier molecular flexibility index (Phi) is 3.40. The first-order chi connectivity index (χ1) is 7.97. The van der Waals surface area contributed by atoms with E-state index in [1.165, 1.54) is 6.26 Å². The Labute approximate surface area is 102 Å². The molecule has 2 atom stereocenters. The van der Waals surface area contributed by atoms with Crippen LogP contribution in [0.3, 0.4) is 0 Å². The molecular weight excluding hydrogens is 238 g/mol. The van der Waals surface area contributed by atoms with Crippen LogP contribution in [0.1, 0.15) is 19.3 Å². The summed E-state index contributed by atoms with van der Waals surface area (Å²) in [6.45, 7) is 0. The van der Waals surface area contributed by atoms with Crippen LogP contribution in [0.15, 0.2) is 29.2 Å². The second-order valence-corrected chi connectivity index (χ2v) is 6.56. The standard InChI is InChI=1S/C12H17NO3S/c1-17(15,16)10-7-5-9(6-8-10)13-11-3-2-4-12(11)14/h5-8,11-14H,2-4H2,1H3/t11-,12-/m0/s1. The molecule has 0 radical (unpaired) electrons. The van der Waals surface area contributed by atoms with E-state index in [1.807, 2.05) is 0 Å². The van der Waals surface area contributed by atoms with Crippen molar-refractivity contribution in [3.05, 3.63) is 24.3 Å². The summed E-state index contributed by atoms with van der Waals surface area (Å²) in [7, 11) is -3.13. The van der Waals surface area contributed by atoms with Crippen LogP contribution >= 0.6 is 0 Å². The molecule has 0 amide bonds. The van der Waals surface area contributed by atoms with Crippen LogP contribution in [0.2, 0.25) is 0 Å². The molecule has 1 aromatic carbocycles. The van der Waals surface area contributed by atoms with Gasteiger partial charge in [-0.25, -0.2) is 8.42 Å². The fourth-order valence-electron chi connectivity index (χ4n) is 2.12. The molecule has 0 aromatic heterocycles. The topological polar surface area (TPSA) is 66.4 Å². The summed E-state index contributed by atoms with van der Waals surface area (Å²) in [6, 6.07) is 6.72. The summed E-state index contributed by atoms with van der Waals surface area (Å²) in [6.07, 6.45) is 3.70. The van der Waals surface area contributed by atoms with Gasteiger partial charge in [0.25, 0.3) is 0 Å². The van der Waals surface area contributed by atoms with Crippen LogP contribution in [0, 0.1) is 0 Å². The van der Waals surface area contributed by atoms with Crippen LogP contribution in [-0.4, -0.2) is 31.9 Å². The van der Waals surface area contributed by atoms with Gasteiger partial charge >= 0.3 is 0 Å². The highest BCUT2D eigenvalue weighted by Crippen LogP contribution is 2.23. The number of sulfone groups is 1. The van der Waals surface area contributed by atoms with Crippen molar-refractivity contribution in [2.45, 2.75) is 36.3 Å². The Morgan fingerprint density at radius 2 is 1.88 bits per heavy atom. The molecule has 0 bridgehead atoms. The van der Waals surface area contributed by atoms with Gasteiger partial charge in [0, 0.05) is 11.9 Å². The van der Waals surface area contributed by atoms with E-state index in [0.717, 1.165) is 24.9 Å². The van der Waals surface area contributed by atoms with Gasteiger partial charge in [0.15, 0.2) is 9.84 Å². The number of anilines is 1. The number of hydrogen-bond acceptors (Lipinski definition) is 4. The summed E-state index contributed by atoms with van der Waals surface area (Å²) in [5.74, 6) is 0. The van der Waals surface area contributed by atoms with Crippen molar-refractivity contribution in [1.29, 1.82) is 0 Å². The minimum absolute atomic E-state index is 0.0825. The first-order valence-electron chi connectivity index (χ1n) is 5.71. The van der Waals surface area contributed by atoms with E-state index in [4.69, 9.17) is 0 Å². The molecule has 1 fully saturated rings. The van der Waals surface area contributed by atoms with E-state index >= 15 is 0 Å². The SMILES string of the molecule is CS(=O)(=O)c1ccc(N[C@H]2CCC[C@@H]2O)cc1. The lowest BCUT2D eigenvalue weighted by molar-refractivity contribution is 0.172. The maximum atomic E-state index is 11.3. The Balaban J connectivity index is 2.08. The summed E-state index contributed by atoms with van der Waals surface area (Å²) < 4.78 is 22.6. The molecule has 1 saturated carbocycles. The van der Waals surface area contributed by atoms with Gasteiger partial charge in [0.2, 0.25) is 0 Å². The maximum Gasteiger partial charge on any atom is 0.175 e. The van der Waals surface area contributed by atoms with Crippen molar-refractivity contribution in [1.82, 2.24) is 0 Å². The Morgan fingerprint density at radius 3 is 2.35 bits per heavy atom. The van der Waals surface area contributed by atoms with Gasteiger partial charge in [-0.2, -0.15) is 0 Å². The molecule has 94 valence electrons. The molecule has 0 aliphatic heterocycles. The number of rotatable bonds is 3. The molecular formula is C12H17NO3S. The van der Waals surface area contributed by atoms with Crippen molar-refractivity contribution in [2.24, 2.45) is 0 Å². The average molecular weight is 255 g/mol. The number of aliphatic hydroxyl groups is 1. The van der Waals surface area contributed by atoms with Gasteiger partial charge in [-0.1, -0.05) is 0 Å². The summed E-state index contributed by atoms with van der Waals surface area (Å²) in [5.41, 5.74) is 0.850. The second-order valence-electron chi connectivity index (χ2n) is 4.55. The molecule has 0 spiro atoms. The summed E-state index contributed by atoms with van der Waals surface area (Å²) >= 11 is 0. The maximum absolute atomic E-state index is 11.3. The van der Waals surface area contributed by atoms with E-state index in [0.29, 0.717) is 4.90 Å². The van der Waals surface area contributed by atoms with Crippen LogP contribution in [-0.2, 0) is 9.84 Å². The van der Waals surface area contributed by atoms with Crippen LogP contribution in [0.5, 0.6) is 0 Å². The zero-order valence-electron chi connectivity index (χ0n) is 9.76. The lowest BCUT2D eigenvalue weighted by Crippen LogP contribution is -2.27. The smallest absolute Gasteiger partial charge is 0.175 e. The van der Waals surface area contributed by atoms with Crippen molar-refractivity contribution in [2.75, 3.05) is 11.6 Å². The van der Waals surface area contributed by atoms with Gasteiger partial charge in [-0.05, 0) is 43.5 Å². The third-order valence-corrected chi connectivity index (χ3v) is 4.24. The molecule has 1 aromatic rings. The van der Waals surface area contributed by atoms with E-state index in [-0.39, 0.29) is 12.1 Å². The van der Waals surface area contributed by atoms with Gasteiger partial charge in [-0.3, -0.25) is 0 Å². The summed E-state index contributed by atoms with van der Waals surface area (Å²) in [5, 5.41) is 12.9. The minimum atomic E-state index is -3.13. The molecule has 0 saturated heterocycles. The van der Waals surface area contributed by atoms with Crippen LogP contribution in [0.25, 0.3) is 0 Å². The zero-order valence-corrected chi connectivity index (χ0v) is 10.6. The van der Waals surface area contributed by atoms with E-state index in [2.05, 4.69) is 5.32 Å². The van der Waals surface area contributed by atoms with E-state index in [1.54, 1.807) is 24.3 Å². The molecule has 2 N–H and O–H groups in total. The Bertz CT molecular complexity index is 481. The lowest BCUT2D eigenvalue weighted by Gasteiger charge is -2.17. The molecule has 1 aliphatic rings. The third-order valence-electron chi connectivity index (χ3n) is 3.11. The lowest BCUT2D eigenvalue weighted by atomic mass is 10.2. The predicted molar refractivity (Wildman–Crippen MR) is 66.8 cm³/mol. The van der Waals surface area contributed by atoms with Gasteiger partial charge in [-0.15, -0.1) is 0 Å². The third kappa shape index (κ3) is 2.98. The Hall–Kier alpha value is -1.07. The quantitative estimate of drug-likeness (QED) is 0.857. The molecule has 4 nitrogen and oxygen atoms in total. The van der Waals surface area contributed by atoms with Gasteiger partial charge < -0.3 is 10.4 Å². The van der Waals surface area contributed by atoms with Crippen molar-refractivity contribution < 1.29 is 13.5 Å². The fraction of sp³-hybridized carbons (Fsp3) is 0.500. The van der Waals surface area contributed by atoms with Crippen molar-refractivity contribution in [3.8, 4) is 0 Å². The fourth-order valence-corrected chi connectivity index (χ4v) is 2.75. The van der Waals surface area contributed by atoms with Crippen molar-refractivity contribution in [3.63, 3.8) is 0 Å². The van der Waals surface area contributed by atoms with Gasteiger partial charge in [0.1, 0.15) is 0 Å².